The van der Waals surface area contributed by atoms with Gasteiger partial charge in [0.25, 0.3) is 0 Å². The molecule has 59 heavy (non-hydrogen) atoms. The van der Waals surface area contributed by atoms with Crippen LogP contribution in [0.3, 0.4) is 0 Å². The standard InChI is InChI=1S/2C21H28P.C14H14.Zr/c2*1-3-11-19(12-4-1)22(20-13-5-2-6-14-20)21-15-17-9-7-8-10-18(17)16-21;1-3-7-13(8-4-1)11-12-14-9-5-2-6-10-14;/h2*7-10,15-16,19-20H,1-6,11-14H2;1-10H,11-12H2;. The molecule has 0 radical (unpaired) electrons. The molecule has 4 aromatic rings. The van der Waals surface area contributed by atoms with Gasteiger partial charge >= 0.3 is 291 Å². The zero-order valence-electron chi connectivity index (χ0n) is 36.0. The summed E-state index contributed by atoms with van der Waals surface area (Å²) < 4.78 is 1.60. The van der Waals surface area contributed by atoms with Crippen LogP contribution in [0.5, 0.6) is 0 Å². The summed E-state index contributed by atoms with van der Waals surface area (Å²) in [4.78, 5) is 0. The smallest absolute Gasteiger partial charge is 0.0238 e. The van der Waals surface area contributed by atoms with E-state index in [0.717, 1.165) is 42.7 Å². The average Bonchev–Trinajstić information content (AvgIpc) is 3.86. The second-order valence-corrected chi connectivity index (χ2v) is 28.1. The van der Waals surface area contributed by atoms with E-state index in [9.17, 15) is 0 Å². The van der Waals surface area contributed by atoms with Crippen molar-refractivity contribution in [2.24, 2.45) is 0 Å². The number of hydrogen-bond donors (Lipinski definition) is 0. The third-order valence-electron chi connectivity index (χ3n) is 15.0. The van der Waals surface area contributed by atoms with E-state index in [-0.39, 0.29) is 15.8 Å². The molecule has 0 nitrogen and oxygen atoms in total. The Morgan fingerprint density at radius 1 is 0.356 bits per heavy atom. The fourth-order valence-electron chi connectivity index (χ4n) is 12.0. The van der Waals surface area contributed by atoms with Crippen molar-refractivity contribution in [2.75, 3.05) is 0 Å². The van der Waals surface area contributed by atoms with E-state index < -0.39 is 23.2 Å². The van der Waals surface area contributed by atoms with Gasteiger partial charge in [-0.05, 0) is 24.0 Å². The number of rotatable bonds is 11. The van der Waals surface area contributed by atoms with E-state index in [4.69, 9.17) is 0 Å². The van der Waals surface area contributed by atoms with Gasteiger partial charge in [-0.3, -0.25) is 0 Å². The Hall–Kier alpha value is -1.90. The quantitative estimate of drug-likeness (QED) is 0.132. The first-order chi connectivity index (χ1) is 29.3. The van der Waals surface area contributed by atoms with Gasteiger partial charge in [0.1, 0.15) is 0 Å². The van der Waals surface area contributed by atoms with E-state index in [1.807, 2.05) is 10.6 Å². The molecule has 308 valence electrons. The van der Waals surface area contributed by atoms with Crippen LogP contribution in [0.4, 0.5) is 0 Å². The van der Waals surface area contributed by atoms with Crippen molar-refractivity contribution in [1.29, 1.82) is 0 Å². The Labute approximate surface area is 373 Å². The normalized spacial score (nSPS) is 22.9. The molecule has 0 N–H and O–H groups in total. The zero-order valence-corrected chi connectivity index (χ0v) is 40.2. The monoisotopic (exact) mass is 894 g/mol. The van der Waals surface area contributed by atoms with Crippen molar-refractivity contribution >= 4 is 28.0 Å². The summed E-state index contributed by atoms with van der Waals surface area (Å²) in [7, 11) is -0.0714. The topological polar surface area (TPSA) is 0 Å². The summed E-state index contributed by atoms with van der Waals surface area (Å²) in [5.74, 6) is 0. The maximum Gasteiger partial charge on any atom is -0.0238 e. The van der Waals surface area contributed by atoms with Gasteiger partial charge in [-0.1, -0.05) is 60.7 Å². The molecule has 6 aliphatic rings. The van der Waals surface area contributed by atoms with Crippen LogP contribution in [0.1, 0.15) is 169 Å². The number of aryl methyl sites for hydroxylation is 2. The minimum atomic E-state index is -0.887. The van der Waals surface area contributed by atoms with Gasteiger partial charge in [-0.15, -0.1) is 0 Å². The number of benzene rings is 4. The Bertz CT molecular complexity index is 1780. The summed E-state index contributed by atoms with van der Waals surface area (Å²) in [5.41, 5.74) is 13.6. The van der Waals surface area contributed by atoms with E-state index in [1.54, 1.807) is 22.3 Å². The van der Waals surface area contributed by atoms with Gasteiger partial charge in [-0.2, -0.15) is 0 Å². The van der Waals surface area contributed by atoms with E-state index in [2.05, 4.69) is 121 Å². The first-order valence-electron chi connectivity index (χ1n) is 24.3. The van der Waals surface area contributed by atoms with Crippen LogP contribution in [-0.4, -0.2) is 22.6 Å². The molecule has 4 fully saturated rings. The van der Waals surface area contributed by atoms with Crippen molar-refractivity contribution in [3.63, 3.8) is 0 Å². The average molecular weight is 896 g/mol. The maximum absolute atomic E-state index is 2.84. The van der Waals surface area contributed by atoms with E-state index in [1.165, 1.54) is 140 Å². The molecule has 0 spiro atoms. The molecule has 0 amide bonds. The van der Waals surface area contributed by atoms with Crippen LogP contribution in [-0.2, 0) is 36.1 Å². The number of fused-ring (bicyclic) bond motifs is 2. The summed E-state index contributed by atoms with van der Waals surface area (Å²) in [5, 5.41) is 4.06. The molecule has 0 aromatic heterocycles. The third-order valence-corrected chi connectivity index (χ3v) is 28.1. The minimum Gasteiger partial charge on any atom is -0.0622 e. The van der Waals surface area contributed by atoms with Gasteiger partial charge in [-0.25, -0.2) is 0 Å². The largest absolute Gasteiger partial charge is 0.0622 e. The van der Waals surface area contributed by atoms with Gasteiger partial charge < -0.3 is 0 Å². The van der Waals surface area contributed by atoms with E-state index >= 15 is 0 Å². The van der Waals surface area contributed by atoms with Gasteiger partial charge in [0.05, 0.1) is 0 Å². The predicted molar refractivity (Wildman–Crippen MR) is 256 cm³/mol. The third kappa shape index (κ3) is 10.5. The molecular weight excluding hydrogens is 826 g/mol. The zero-order chi connectivity index (χ0) is 39.6. The molecule has 0 saturated heterocycles. The van der Waals surface area contributed by atoms with Crippen molar-refractivity contribution in [1.82, 2.24) is 0 Å². The predicted octanol–water partition coefficient (Wildman–Crippen LogP) is 17.0. The SMILES string of the molecule is C1=C(P(C2CCCCC2)C2CCCCC2)[CH]([Zr][CH]2C(P(C3CCCCC3)C3CCCCC3)=Cc3ccccc32)c2ccccc21.c1ccc(CCc2ccccc2)cc1. The molecule has 3 heteroatoms. The van der Waals surface area contributed by atoms with Crippen LogP contribution in [0.15, 0.2) is 120 Å². The van der Waals surface area contributed by atoms with Crippen molar-refractivity contribution in [3.8, 4) is 0 Å². The molecule has 6 aliphatic carbocycles. The Kier molecular flexibility index (Phi) is 15.4. The first-order valence-corrected chi connectivity index (χ1v) is 30.1. The van der Waals surface area contributed by atoms with Crippen molar-refractivity contribution in [2.45, 2.75) is 171 Å². The fourth-order valence-corrected chi connectivity index (χ4v) is 27.4. The van der Waals surface area contributed by atoms with Gasteiger partial charge in [0.2, 0.25) is 0 Å². The molecule has 0 heterocycles. The minimum absolute atomic E-state index is 0.0357. The van der Waals surface area contributed by atoms with Crippen LogP contribution in [0.25, 0.3) is 12.2 Å². The molecule has 2 unspecified atom stereocenters. The summed E-state index contributed by atoms with van der Waals surface area (Å²) in [6.45, 7) is 0. The fraction of sp³-hybridized carbons (Fsp3) is 0.500. The Balaban J connectivity index is 0.000000271. The molecule has 2 atom stereocenters. The molecule has 0 aliphatic heterocycles. The van der Waals surface area contributed by atoms with Crippen molar-refractivity contribution < 1.29 is 23.2 Å². The summed E-state index contributed by atoms with van der Waals surface area (Å²) in [6.07, 6.45) is 38.1. The molecule has 0 bridgehead atoms. The second kappa shape index (κ2) is 21.5. The Morgan fingerprint density at radius 2 is 0.661 bits per heavy atom. The molecule has 4 aromatic carbocycles. The van der Waals surface area contributed by atoms with Crippen molar-refractivity contribution in [3.05, 3.63) is 153 Å². The first kappa shape index (κ1) is 42.4. The maximum atomic E-state index is 2.84. The molecule has 10 rings (SSSR count). The van der Waals surface area contributed by atoms with Crippen LogP contribution in [0, 0.1) is 0 Å². The molecular formula is C56H70P2Zr. The van der Waals surface area contributed by atoms with Crippen LogP contribution < -0.4 is 0 Å². The number of hydrogen-bond acceptors (Lipinski definition) is 0. The second-order valence-electron chi connectivity index (χ2n) is 18.9. The van der Waals surface area contributed by atoms with E-state index in [0.29, 0.717) is 0 Å². The Morgan fingerprint density at radius 3 is 1.00 bits per heavy atom. The van der Waals surface area contributed by atoms with Crippen LogP contribution in [0.2, 0.25) is 0 Å². The van der Waals surface area contributed by atoms with Crippen LogP contribution >= 0.6 is 15.8 Å². The van der Waals surface area contributed by atoms with Gasteiger partial charge in [0, 0.05) is 0 Å². The molecule has 4 saturated carbocycles. The summed E-state index contributed by atoms with van der Waals surface area (Å²) >= 11 is -0.887. The summed E-state index contributed by atoms with van der Waals surface area (Å²) in [6, 6.07) is 40.9. The number of allylic oxidation sites excluding steroid dienone is 2. The van der Waals surface area contributed by atoms with Gasteiger partial charge in [0.15, 0.2) is 0 Å².